The second-order valence-electron chi connectivity index (χ2n) is 5.17. The first-order valence-electron chi connectivity index (χ1n) is 7.42. The summed E-state index contributed by atoms with van der Waals surface area (Å²) in [6.07, 6.45) is 6.54. The van der Waals surface area contributed by atoms with Crippen LogP contribution in [-0.2, 0) is 0 Å². The molecule has 0 saturated carbocycles. The zero-order valence-electron chi connectivity index (χ0n) is 12.6. The molecule has 6 nitrogen and oxygen atoms in total. The van der Waals surface area contributed by atoms with Gasteiger partial charge in [0.15, 0.2) is 0 Å². The molecule has 0 spiro atoms. The summed E-state index contributed by atoms with van der Waals surface area (Å²) in [5.74, 6) is 0.416. The van der Waals surface area contributed by atoms with Crippen LogP contribution in [-0.4, -0.2) is 19.5 Å². The molecule has 3 aromatic heterocycles. The fourth-order valence-electron chi connectivity index (χ4n) is 2.50. The fourth-order valence-corrected chi connectivity index (χ4v) is 2.50. The first kappa shape index (κ1) is 14.1. The van der Waals surface area contributed by atoms with Crippen molar-refractivity contribution in [2.75, 3.05) is 5.32 Å². The summed E-state index contributed by atoms with van der Waals surface area (Å²) in [5.41, 5.74) is 1.87. The Kier molecular flexibility index (Phi) is 3.47. The van der Waals surface area contributed by atoms with Crippen LogP contribution in [0, 0.1) is 0 Å². The van der Waals surface area contributed by atoms with Gasteiger partial charge in [-0.15, -0.1) is 0 Å². The predicted molar refractivity (Wildman–Crippen MR) is 92.7 cm³/mol. The van der Waals surface area contributed by atoms with Gasteiger partial charge in [0.25, 0.3) is 5.56 Å². The first-order chi connectivity index (χ1) is 11.8. The number of nitrogens with zero attached hydrogens (tertiary/aromatic N) is 4. The Morgan fingerprint density at radius 3 is 2.50 bits per heavy atom. The Balaban J connectivity index is 1.98. The van der Waals surface area contributed by atoms with E-state index in [1.165, 1.54) is 0 Å². The maximum atomic E-state index is 13.0. The Morgan fingerprint density at radius 2 is 1.71 bits per heavy atom. The number of rotatable bonds is 3. The SMILES string of the molecule is O=c1c2ccncc2nc(Nc2cccnc2)n1-c1ccccc1. The van der Waals surface area contributed by atoms with Crippen LogP contribution in [0.15, 0.2) is 78.1 Å². The van der Waals surface area contributed by atoms with Crippen molar-refractivity contribution < 1.29 is 0 Å². The molecule has 0 bridgehead atoms. The average Bonchev–Trinajstić information content (AvgIpc) is 2.64. The minimum Gasteiger partial charge on any atom is -0.324 e. The van der Waals surface area contributed by atoms with Gasteiger partial charge < -0.3 is 5.32 Å². The van der Waals surface area contributed by atoms with Crippen LogP contribution in [0.5, 0.6) is 0 Å². The molecule has 0 fully saturated rings. The minimum atomic E-state index is -0.153. The number of fused-ring (bicyclic) bond motifs is 1. The molecule has 0 unspecified atom stereocenters. The highest BCUT2D eigenvalue weighted by Crippen LogP contribution is 2.18. The monoisotopic (exact) mass is 315 g/mol. The third-order valence-electron chi connectivity index (χ3n) is 3.60. The molecule has 0 saturated heterocycles. The lowest BCUT2D eigenvalue weighted by atomic mass is 10.2. The predicted octanol–water partition coefficient (Wildman–Crippen LogP) is 2.92. The van der Waals surface area contributed by atoms with Gasteiger partial charge in [-0.05, 0) is 30.3 Å². The summed E-state index contributed by atoms with van der Waals surface area (Å²) in [6.45, 7) is 0. The number of para-hydroxylation sites is 1. The zero-order valence-corrected chi connectivity index (χ0v) is 12.6. The number of benzene rings is 1. The van der Waals surface area contributed by atoms with Crippen LogP contribution in [0.4, 0.5) is 11.6 Å². The number of pyridine rings is 2. The van der Waals surface area contributed by atoms with E-state index < -0.39 is 0 Å². The molecule has 0 aliphatic rings. The van der Waals surface area contributed by atoms with Gasteiger partial charge >= 0.3 is 0 Å². The Morgan fingerprint density at radius 1 is 0.875 bits per heavy atom. The van der Waals surface area contributed by atoms with Crippen LogP contribution in [0.1, 0.15) is 0 Å². The highest BCUT2D eigenvalue weighted by Gasteiger charge is 2.13. The van der Waals surface area contributed by atoms with Crippen LogP contribution in [0.25, 0.3) is 16.6 Å². The molecule has 1 N–H and O–H groups in total. The van der Waals surface area contributed by atoms with E-state index in [2.05, 4.69) is 20.3 Å². The van der Waals surface area contributed by atoms with E-state index in [1.54, 1.807) is 35.4 Å². The van der Waals surface area contributed by atoms with E-state index >= 15 is 0 Å². The molecule has 0 amide bonds. The highest BCUT2D eigenvalue weighted by molar-refractivity contribution is 5.78. The quantitative estimate of drug-likeness (QED) is 0.629. The van der Waals surface area contributed by atoms with Crippen molar-refractivity contribution in [3.8, 4) is 5.69 Å². The maximum absolute atomic E-state index is 13.0. The van der Waals surface area contributed by atoms with Crippen LogP contribution in [0.2, 0.25) is 0 Å². The second kappa shape index (κ2) is 5.92. The van der Waals surface area contributed by atoms with E-state index in [-0.39, 0.29) is 5.56 Å². The molecule has 0 radical (unpaired) electrons. The van der Waals surface area contributed by atoms with Crippen molar-refractivity contribution in [3.05, 3.63) is 83.7 Å². The molecule has 0 aliphatic heterocycles. The van der Waals surface area contributed by atoms with Crippen molar-refractivity contribution >= 4 is 22.5 Å². The van der Waals surface area contributed by atoms with Gasteiger partial charge in [0.1, 0.15) is 0 Å². The number of aromatic nitrogens is 4. The molecule has 0 aliphatic carbocycles. The average molecular weight is 315 g/mol. The Hall–Kier alpha value is -3.54. The molecule has 4 aromatic rings. The van der Waals surface area contributed by atoms with E-state index in [9.17, 15) is 4.79 Å². The van der Waals surface area contributed by atoms with Gasteiger partial charge in [0.2, 0.25) is 5.95 Å². The summed E-state index contributed by atoms with van der Waals surface area (Å²) in [6, 6.07) is 14.8. The number of hydrogen-bond donors (Lipinski definition) is 1. The summed E-state index contributed by atoms with van der Waals surface area (Å²) in [5, 5.41) is 3.68. The topological polar surface area (TPSA) is 72.7 Å². The lowest BCUT2D eigenvalue weighted by Gasteiger charge is -2.14. The Labute approximate surface area is 137 Å². The number of hydrogen-bond acceptors (Lipinski definition) is 5. The van der Waals surface area contributed by atoms with Crippen molar-refractivity contribution in [1.82, 2.24) is 19.5 Å². The molecule has 24 heavy (non-hydrogen) atoms. The Bertz CT molecular complexity index is 1050. The molecule has 3 heterocycles. The fraction of sp³-hybridized carbons (Fsp3) is 0. The normalized spacial score (nSPS) is 10.7. The number of anilines is 2. The summed E-state index contributed by atoms with van der Waals surface area (Å²) in [4.78, 5) is 25.7. The van der Waals surface area contributed by atoms with Crippen LogP contribution < -0.4 is 10.9 Å². The molecular weight excluding hydrogens is 302 g/mol. The lowest BCUT2D eigenvalue weighted by molar-refractivity contribution is 0.971. The van der Waals surface area contributed by atoms with E-state index in [4.69, 9.17) is 0 Å². The standard InChI is InChI=1S/C18H13N5O/c24-17-15-8-10-20-12-16(15)22-18(21-13-5-4-9-19-11-13)23(17)14-6-2-1-3-7-14/h1-12H,(H,21,22). The second-order valence-corrected chi connectivity index (χ2v) is 5.17. The van der Waals surface area contributed by atoms with E-state index in [0.29, 0.717) is 16.9 Å². The van der Waals surface area contributed by atoms with Gasteiger partial charge in [0.05, 0.1) is 34.7 Å². The van der Waals surface area contributed by atoms with Gasteiger partial charge in [0, 0.05) is 12.4 Å². The molecule has 116 valence electrons. The van der Waals surface area contributed by atoms with Crippen molar-refractivity contribution in [1.29, 1.82) is 0 Å². The maximum Gasteiger partial charge on any atom is 0.267 e. The summed E-state index contributed by atoms with van der Waals surface area (Å²) in [7, 11) is 0. The third kappa shape index (κ3) is 2.50. The molecule has 1 aromatic carbocycles. The van der Waals surface area contributed by atoms with Crippen molar-refractivity contribution in [2.24, 2.45) is 0 Å². The van der Waals surface area contributed by atoms with Gasteiger partial charge in [-0.25, -0.2) is 9.55 Å². The molecule has 0 atom stereocenters. The summed E-state index contributed by atoms with van der Waals surface area (Å²) < 4.78 is 1.55. The van der Waals surface area contributed by atoms with Crippen molar-refractivity contribution in [2.45, 2.75) is 0 Å². The minimum absolute atomic E-state index is 0.153. The van der Waals surface area contributed by atoms with Gasteiger partial charge in [-0.2, -0.15) is 0 Å². The molecule has 6 heteroatoms. The number of nitrogens with one attached hydrogen (secondary N) is 1. The zero-order chi connectivity index (χ0) is 16.4. The van der Waals surface area contributed by atoms with Crippen molar-refractivity contribution in [3.63, 3.8) is 0 Å². The third-order valence-corrected chi connectivity index (χ3v) is 3.60. The lowest BCUT2D eigenvalue weighted by Crippen LogP contribution is -2.22. The largest absolute Gasteiger partial charge is 0.324 e. The summed E-state index contributed by atoms with van der Waals surface area (Å²) >= 11 is 0. The van der Waals surface area contributed by atoms with Gasteiger partial charge in [-0.3, -0.25) is 14.8 Å². The first-order valence-corrected chi connectivity index (χ1v) is 7.42. The molecule has 4 rings (SSSR count). The van der Waals surface area contributed by atoms with E-state index in [1.807, 2.05) is 42.5 Å². The smallest absolute Gasteiger partial charge is 0.267 e. The van der Waals surface area contributed by atoms with Gasteiger partial charge in [-0.1, -0.05) is 18.2 Å². The highest BCUT2D eigenvalue weighted by atomic mass is 16.1. The molecular formula is C18H13N5O. The van der Waals surface area contributed by atoms with Crippen LogP contribution >= 0.6 is 0 Å². The van der Waals surface area contributed by atoms with E-state index in [0.717, 1.165) is 11.4 Å². The van der Waals surface area contributed by atoms with Crippen LogP contribution in [0.3, 0.4) is 0 Å².